The van der Waals surface area contributed by atoms with Crippen LogP contribution in [0.15, 0.2) is 53.7 Å². The number of urea groups is 1. The minimum absolute atomic E-state index is 0.0722. The zero-order valence-corrected chi connectivity index (χ0v) is 19.4. The molecule has 0 radical (unpaired) electrons. The van der Waals surface area contributed by atoms with E-state index in [-0.39, 0.29) is 23.9 Å². The minimum atomic E-state index is -1.11. The number of hydrogen-bond acceptors (Lipinski definition) is 5. The highest BCUT2D eigenvalue weighted by molar-refractivity contribution is 5.89. The molecule has 180 valence electrons. The molecule has 1 unspecified atom stereocenters. The predicted octanol–water partition coefficient (Wildman–Crippen LogP) is 1.79. The van der Waals surface area contributed by atoms with Crippen molar-refractivity contribution in [3.8, 4) is 0 Å². The summed E-state index contributed by atoms with van der Waals surface area (Å²) in [5.74, 6) is 0.193. The molecule has 1 aliphatic rings. The monoisotopic (exact) mass is 466 g/mol. The zero-order valence-electron chi connectivity index (χ0n) is 19.4. The van der Waals surface area contributed by atoms with Gasteiger partial charge in [0.1, 0.15) is 11.8 Å². The third-order valence-electron chi connectivity index (χ3n) is 6.44. The maximum atomic E-state index is 12.9. The first-order valence-electron chi connectivity index (χ1n) is 11.4. The molecule has 10 heteroatoms. The number of nitrogens with one attached hydrogen (secondary N) is 2. The van der Waals surface area contributed by atoms with E-state index in [4.69, 9.17) is 0 Å². The second kappa shape index (κ2) is 9.68. The molecule has 3 aromatic rings. The van der Waals surface area contributed by atoms with E-state index in [0.29, 0.717) is 43.6 Å². The molecule has 1 fully saturated rings. The van der Waals surface area contributed by atoms with Crippen molar-refractivity contribution in [2.24, 2.45) is 0 Å². The molecule has 1 aliphatic heterocycles. The first-order valence-corrected chi connectivity index (χ1v) is 11.4. The van der Waals surface area contributed by atoms with Crippen molar-refractivity contribution in [3.05, 3.63) is 64.8 Å². The minimum Gasteiger partial charge on any atom is -0.388 e. The number of amides is 3. The first-order chi connectivity index (χ1) is 16.3. The molecule has 0 saturated carbocycles. The van der Waals surface area contributed by atoms with Crippen molar-refractivity contribution in [1.29, 1.82) is 0 Å². The number of piperidine rings is 1. The topological polar surface area (TPSA) is 121 Å². The van der Waals surface area contributed by atoms with Crippen LogP contribution in [0, 0.1) is 0 Å². The normalized spacial score (nSPS) is 16.3. The summed E-state index contributed by atoms with van der Waals surface area (Å²) >= 11 is 0. The maximum Gasteiger partial charge on any atom is 0.319 e. The summed E-state index contributed by atoms with van der Waals surface area (Å²) in [4.78, 5) is 39.1. The summed E-state index contributed by atoms with van der Waals surface area (Å²) in [6.07, 6.45) is 4.10. The van der Waals surface area contributed by atoms with Crippen molar-refractivity contribution in [2.45, 2.75) is 44.2 Å². The number of carbonyl (C=O) groups is 2. The molecule has 0 bridgehead atoms. The Hall–Kier alpha value is -3.66. The molecule has 1 saturated heterocycles. The molecule has 4 rings (SSSR count). The molecule has 2 aromatic heterocycles. The van der Waals surface area contributed by atoms with Gasteiger partial charge < -0.3 is 20.6 Å². The largest absolute Gasteiger partial charge is 0.388 e. The molecule has 10 nitrogen and oxygen atoms in total. The summed E-state index contributed by atoms with van der Waals surface area (Å²) in [5, 5.41) is 20.4. The van der Waals surface area contributed by atoms with Crippen molar-refractivity contribution < 1.29 is 14.7 Å². The number of fused-ring (bicyclic) bond motifs is 1. The Labute approximate surface area is 197 Å². The highest BCUT2D eigenvalue weighted by atomic mass is 16.3. The Kier molecular flexibility index (Phi) is 6.69. The van der Waals surface area contributed by atoms with E-state index >= 15 is 0 Å². The van der Waals surface area contributed by atoms with Gasteiger partial charge in [0.15, 0.2) is 0 Å². The fourth-order valence-electron chi connectivity index (χ4n) is 4.34. The van der Waals surface area contributed by atoms with E-state index in [2.05, 4.69) is 15.7 Å². The second-order valence-electron chi connectivity index (χ2n) is 8.95. The molecule has 34 heavy (non-hydrogen) atoms. The summed E-state index contributed by atoms with van der Waals surface area (Å²) in [6.45, 7) is 3.00. The molecule has 3 N–H and O–H groups in total. The van der Waals surface area contributed by atoms with Crippen LogP contribution in [-0.4, -0.2) is 61.9 Å². The van der Waals surface area contributed by atoms with Gasteiger partial charge in [0.05, 0.1) is 24.0 Å². The highest BCUT2D eigenvalue weighted by Gasteiger charge is 2.35. The van der Waals surface area contributed by atoms with E-state index in [1.807, 2.05) is 37.3 Å². The van der Waals surface area contributed by atoms with Gasteiger partial charge in [0.25, 0.3) is 5.56 Å². The van der Waals surface area contributed by atoms with Gasteiger partial charge >= 0.3 is 6.03 Å². The van der Waals surface area contributed by atoms with Crippen molar-refractivity contribution >= 4 is 23.1 Å². The van der Waals surface area contributed by atoms with E-state index in [0.717, 1.165) is 5.56 Å². The van der Waals surface area contributed by atoms with Gasteiger partial charge in [0.2, 0.25) is 5.91 Å². The van der Waals surface area contributed by atoms with Crippen molar-refractivity contribution in [2.75, 3.05) is 25.5 Å². The number of nitrogens with zero attached hydrogens (tertiary/aromatic N) is 4. The second-order valence-corrected chi connectivity index (χ2v) is 8.95. The van der Waals surface area contributed by atoms with Crippen LogP contribution in [0.5, 0.6) is 0 Å². The number of carbonyl (C=O) groups excluding carboxylic acids is 2. The lowest BCUT2D eigenvalue weighted by Crippen LogP contribution is -2.49. The lowest BCUT2D eigenvalue weighted by Gasteiger charge is -2.38. The Bertz CT molecular complexity index is 1230. The van der Waals surface area contributed by atoms with Gasteiger partial charge in [-0.2, -0.15) is 5.10 Å². The van der Waals surface area contributed by atoms with Crippen LogP contribution >= 0.6 is 0 Å². The quantitative estimate of drug-likeness (QED) is 0.512. The van der Waals surface area contributed by atoms with Crippen molar-refractivity contribution in [3.63, 3.8) is 0 Å². The Morgan fingerprint density at radius 1 is 1.21 bits per heavy atom. The summed E-state index contributed by atoms with van der Waals surface area (Å²) in [6, 6.07) is 11.1. The van der Waals surface area contributed by atoms with Crippen LogP contribution in [0.2, 0.25) is 0 Å². The van der Waals surface area contributed by atoms with Crippen LogP contribution in [-0.2, 0) is 11.3 Å². The lowest BCUT2D eigenvalue weighted by atomic mass is 9.90. The van der Waals surface area contributed by atoms with Gasteiger partial charge in [-0.1, -0.05) is 37.3 Å². The average Bonchev–Trinajstić information content (AvgIpc) is 3.25. The third kappa shape index (κ3) is 5.12. The molecule has 0 aliphatic carbocycles. The number of aliphatic hydroxyl groups is 1. The molecular formula is C24H30N6O4. The number of aromatic nitrogens is 3. The molecule has 0 spiro atoms. The molecule has 3 heterocycles. The fourth-order valence-corrected chi connectivity index (χ4v) is 4.34. The van der Waals surface area contributed by atoms with Crippen LogP contribution in [0.25, 0.3) is 5.52 Å². The van der Waals surface area contributed by atoms with Gasteiger partial charge in [-0.25, -0.2) is 9.31 Å². The number of anilines is 1. The number of benzene rings is 1. The Morgan fingerprint density at radius 3 is 2.59 bits per heavy atom. The summed E-state index contributed by atoms with van der Waals surface area (Å²) in [5.41, 5.74) is 0.438. The van der Waals surface area contributed by atoms with E-state index in [1.165, 1.54) is 22.5 Å². The van der Waals surface area contributed by atoms with Crippen LogP contribution in [0.1, 0.15) is 37.7 Å². The molecule has 1 atom stereocenters. The number of rotatable bonds is 6. The highest BCUT2D eigenvalue weighted by Crippen LogP contribution is 2.26. The molecule has 1 aromatic carbocycles. The molecular weight excluding hydrogens is 436 g/mol. The van der Waals surface area contributed by atoms with Crippen molar-refractivity contribution in [1.82, 2.24) is 24.4 Å². The van der Waals surface area contributed by atoms with Gasteiger partial charge in [-0.05, 0) is 30.4 Å². The van der Waals surface area contributed by atoms with E-state index < -0.39 is 11.6 Å². The first kappa shape index (κ1) is 23.5. The van der Waals surface area contributed by atoms with E-state index in [1.54, 1.807) is 17.2 Å². The van der Waals surface area contributed by atoms with Crippen LogP contribution in [0.4, 0.5) is 10.5 Å². The zero-order chi connectivity index (χ0) is 24.3. The molecule has 3 amide bonds. The summed E-state index contributed by atoms with van der Waals surface area (Å²) < 4.78 is 2.78. The number of hydrogen-bond donors (Lipinski definition) is 3. The standard InChI is InChI=1S/C24H30N6O4/c1-17(18-6-4-3-5-7-18)12-21(31)28-10-8-24(34,9-11-28)15-29-16-26-30-14-19(27-23(33)25-2)13-20(30)22(29)32/h3-7,13-14,16-17,34H,8-12,15H2,1-2H3,(H2,25,27,33). The SMILES string of the molecule is CNC(=O)Nc1cc2c(=O)n(CC3(O)CCN(C(=O)CC(C)c4ccccc4)CC3)cnn2c1. The lowest BCUT2D eigenvalue weighted by molar-refractivity contribution is -0.136. The maximum absolute atomic E-state index is 12.9. The Balaban J connectivity index is 1.38. The Morgan fingerprint density at radius 2 is 1.91 bits per heavy atom. The van der Waals surface area contributed by atoms with Gasteiger partial charge in [0, 0.05) is 26.6 Å². The number of likely N-dealkylation sites (tertiary alicyclic amines) is 1. The predicted molar refractivity (Wildman–Crippen MR) is 128 cm³/mol. The average molecular weight is 467 g/mol. The fraction of sp³-hybridized carbons (Fsp3) is 0.417. The third-order valence-corrected chi connectivity index (χ3v) is 6.44. The van der Waals surface area contributed by atoms with Gasteiger partial charge in [-0.3, -0.25) is 14.2 Å². The van der Waals surface area contributed by atoms with Crippen LogP contribution in [0.3, 0.4) is 0 Å². The van der Waals surface area contributed by atoms with Gasteiger partial charge in [-0.15, -0.1) is 0 Å². The van der Waals surface area contributed by atoms with Crippen LogP contribution < -0.4 is 16.2 Å². The van der Waals surface area contributed by atoms with E-state index in [9.17, 15) is 19.5 Å². The smallest absolute Gasteiger partial charge is 0.319 e. The summed E-state index contributed by atoms with van der Waals surface area (Å²) in [7, 11) is 1.50.